The summed E-state index contributed by atoms with van der Waals surface area (Å²) >= 11 is 0. The van der Waals surface area contributed by atoms with Crippen LogP contribution in [0.2, 0.25) is 0 Å². The molecular formula is C22H18N2O5. The number of rotatable bonds is 5. The number of urea groups is 1. The topological polar surface area (TPSA) is 84.9 Å². The van der Waals surface area contributed by atoms with Gasteiger partial charge in [-0.1, -0.05) is 29.7 Å². The predicted octanol–water partition coefficient (Wildman–Crippen LogP) is 2.68. The number of amides is 4. The molecule has 7 nitrogen and oxygen atoms in total. The molecule has 1 aliphatic rings. The van der Waals surface area contributed by atoms with Crippen molar-refractivity contribution in [2.24, 2.45) is 0 Å². The Balaban J connectivity index is 1.96. The zero-order chi connectivity index (χ0) is 21.0. The first-order valence-electron chi connectivity index (χ1n) is 8.67. The van der Waals surface area contributed by atoms with Crippen LogP contribution < -0.4 is 19.7 Å². The molecule has 2 aromatic carbocycles. The highest BCUT2D eigenvalue weighted by Gasteiger charge is 2.36. The molecule has 1 fully saturated rings. The number of nitrogens with one attached hydrogen (secondary N) is 1. The Morgan fingerprint density at radius 1 is 1.10 bits per heavy atom. The third-order valence-corrected chi connectivity index (χ3v) is 4.20. The molecule has 2 aromatic rings. The van der Waals surface area contributed by atoms with Crippen LogP contribution in [0.1, 0.15) is 11.1 Å². The molecule has 7 heteroatoms. The van der Waals surface area contributed by atoms with Gasteiger partial charge in [0, 0.05) is 0 Å². The minimum Gasteiger partial charge on any atom is -0.493 e. The molecule has 0 atom stereocenters. The number of carbonyl (C=O) groups is 3. The zero-order valence-electron chi connectivity index (χ0n) is 15.9. The smallest absolute Gasteiger partial charge is 0.335 e. The lowest BCUT2D eigenvalue weighted by Gasteiger charge is -2.26. The fraction of sp³-hybridized carbons (Fsp3) is 0.136. The molecule has 3 rings (SSSR count). The van der Waals surface area contributed by atoms with E-state index in [1.165, 1.54) is 13.2 Å². The van der Waals surface area contributed by atoms with Crippen molar-refractivity contribution in [1.82, 2.24) is 5.32 Å². The molecule has 0 spiro atoms. The van der Waals surface area contributed by atoms with Crippen LogP contribution in [-0.2, 0) is 9.59 Å². The molecule has 0 bridgehead atoms. The Morgan fingerprint density at radius 2 is 1.83 bits per heavy atom. The number of anilines is 1. The van der Waals surface area contributed by atoms with E-state index in [4.69, 9.17) is 15.9 Å². The first-order chi connectivity index (χ1) is 13.9. The number of carbonyl (C=O) groups excluding carboxylic acids is 3. The SMILES string of the molecule is C#CCOc1ccc(/C=C2/C(=O)NC(=O)N(c3ccc(C)cc3)C2=O)cc1OC. The van der Waals surface area contributed by atoms with Crippen LogP contribution in [0, 0.1) is 19.3 Å². The molecule has 0 aliphatic carbocycles. The number of aryl methyl sites for hydroxylation is 1. The summed E-state index contributed by atoms with van der Waals surface area (Å²) in [6.07, 6.45) is 6.58. The van der Waals surface area contributed by atoms with E-state index in [1.807, 2.05) is 6.92 Å². The number of terminal acetylenes is 1. The van der Waals surface area contributed by atoms with Gasteiger partial charge in [0.05, 0.1) is 12.8 Å². The molecule has 0 radical (unpaired) electrons. The quantitative estimate of drug-likeness (QED) is 0.482. The number of nitrogens with zero attached hydrogens (tertiary/aromatic N) is 1. The molecular weight excluding hydrogens is 372 g/mol. The van der Waals surface area contributed by atoms with Crippen LogP contribution in [-0.4, -0.2) is 31.6 Å². The molecule has 0 aromatic heterocycles. The maximum absolute atomic E-state index is 12.9. The van der Waals surface area contributed by atoms with Gasteiger partial charge < -0.3 is 9.47 Å². The largest absolute Gasteiger partial charge is 0.493 e. The Bertz CT molecular complexity index is 1050. The van der Waals surface area contributed by atoms with Gasteiger partial charge in [0.1, 0.15) is 12.2 Å². The average Bonchev–Trinajstić information content (AvgIpc) is 2.71. The summed E-state index contributed by atoms with van der Waals surface area (Å²) in [5.41, 5.74) is 1.69. The van der Waals surface area contributed by atoms with Crippen molar-refractivity contribution in [3.63, 3.8) is 0 Å². The Morgan fingerprint density at radius 3 is 2.48 bits per heavy atom. The van der Waals surface area contributed by atoms with Crippen molar-refractivity contribution in [3.8, 4) is 23.8 Å². The molecule has 29 heavy (non-hydrogen) atoms. The number of imide groups is 2. The highest BCUT2D eigenvalue weighted by Crippen LogP contribution is 2.29. The van der Waals surface area contributed by atoms with Gasteiger partial charge >= 0.3 is 6.03 Å². The standard InChI is InChI=1S/C22H18N2O5/c1-4-11-29-18-10-7-15(13-19(18)28-3)12-17-20(25)23-22(27)24(21(17)26)16-8-5-14(2)6-9-16/h1,5-10,12-13H,11H2,2-3H3,(H,23,25,27)/b17-12-. The maximum atomic E-state index is 12.9. The second-order valence-corrected chi connectivity index (χ2v) is 6.20. The van der Waals surface area contributed by atoms with E-state index >= 15 is 0 Å². The Hall–Kier alpha value is -4.05. The van der Waals surface area contributed by atoms with Crippen LogP contribution in [0.3, 0.4) is 0 Å². The van der Waals surface area contributed by atoms with E-state index in [2.05, 4.69) is 11.2 Å². The number of hydrogen-bond acceptors (Lipinski definition) is 5. The molecule has 146 valence electrons. The highest BCUT2D eigenvalue weighted by molar-refractivity contribution is 6.39. The third kappa shape index (κ3) is 4.12. The van der Waals surface area contributed by atoms with Gasteiger partial charge in [0.15, 0.2) is 11.5 Å². The second kappa shape index (κ2) is 8.31. The number of benzene rings is 2. The number of barbiturate groups is 1. The lowest BCUT2D eigenvalue weighted by atomic mass is 10.1. The molecule has 4 amide bonds. The summed E-state index contributed by atoms with van der Waals surface area (Å²) in [7, 11) is 1.46. The van der Waals surface area contributed by atoms with Gasteiger partial charge in [-0.05, 0) is 42.8 Å². The second-order valence-electron chi connectivity index (χ2n) is 6.20. The number of methoxy groups -OCH3 is 1. The van der Waals surface area contributed by atoms with Crippen LogP contribution >= 0.6 is 0 Å². The first kappa shape index (κ1) is 19.7. The Kier molecular flexibility index (Phi) is 5.65. The van der Waals surface area contributed by atoms with Gasteiger partial charge in [-0.3, -0.25) is 14.9 Å². The van der Waals surface area contributed by atoms with E-state index in [0.717, 1.165) is 10.5 Å². The fourth-order valence-electron chi connectivity index (χ4n) is 2.77. The molecule has 1 aliphatic heterocycles. The van der Waals surface area contributed by atoms with Crippen LogP contribution in [0.4, 0.5) is 10.5 Å². The van der Waals surface area contributed by atoms with Gasteiger partial charge in [0.2, 0.25) is 0 Å². The summed E-state index contributed by atoms with van der Waals surface area (Å²) in [6.45, 7) is 1.96. The normalized spacial score (nSPS) is 15.1. The summed E-state index contributed by atoms with van der Waals surface area (Å²) in [5, 5.41) is 2.19. The van der Waals surface area contributed by atoms with Crippen molar-refractivity contribution >= 4 is 29.6 Å². The van der Waals surface area contributed by atoms with Gasteiger partial charge in [-0.2, -0.15) is 0 Å². The van der Waals surface area contributed by atoms with E-state index in [-0.39, 0.29) is 12.2 Å². The van der Waals surface area contributed by atoms with Crippen molar-refractivity contribution < 1.29 is 23.9 Å². The minimum absolute atomic E-state index is 0.0747. The minimum atomic E-state index is -0.795. The van der Waals surface area contributed by atoms with E-state index in [1.54, 1.807) is 42.5 Å². The molecule has 1 saturated heterocycles. The zero-order valence-corrected chi connectivity index (χ0v) is 15.9. The van der Waals surface area contributed by atoms with E-state index in [9.17, 15) is 14.4 Å². The fourth-order valence-corrected chi connectivity index (χ4v) is 2.77. The average molecular weight is 390 g/mol. The summed E-state index contributed by atoms with van der Waals surface area (Å²) < 4.78 is 10.7. The van der Waals surface area contributed by atoms with Crippen LogP contribution in [0.15, 0.2) is 48.0 Å². The maximum Gasteiger partial charge on any atom is 0.335 e. The summed E-state index contributed by atoms with van der Waals surface area (Å²) in [6, 6.07) is 10.9. The van der Waals surface area contributed by atoms with Crippen LogP contribution in [0.5, 0.6) is 11.5 Å². The van der Waals surface area contributed by atoms with Crippen molar-refractivity contribution in [2.75, 3.05) is 18.6 Å². The monoisotopic (exact) mass is 390 g/mol. The first-order valence-corrected chi connectivity index (χ1v) is 8.67. The van der Waals surface area contributed by atoms with Gasteiger partial charge in [-0.25, -0.2) is 9.69 Å². The molecule has 1 N–H and O–H groups in total. The predicted molar refractivity (Wildman–Crippen MR) is 108 cm³/mol. The van der Waals surface area contributed by atoms with E-state index < -0.39 is 17.8 Å². The lowest BCUT2D eigenvalue weighted by Crippen LogP contribution is -2.54. The number of hydrogen-bond donors (Lipinski definition) is 1. The summed E-state index contributed by atoms with van der Waals surface area (Å²) in [4.78, 5) is 38.3. The van der Waals surface area contributed by atoms with Crippen molar-refractivity contribution in [1.29, 1.82) is 0 Å². The van der Waals surface area contributed by atoms with Gasteiger partial charge in [0.25, 0.3) is 11.8 Å². The third-order valence-electron chi connectivity index (χ3n) is 4.20. The lowest BCUT2D eigenvalue weighted by molar-refractivity contribution is -0.122. The van der Waals surface area contributed by atoms with Crippen molar-refractivity contribution in [3.05, 3.63) is 59.2 Å². The Labute approximate surface area is 167 Å². The molecule has 0 unspecified atom stereocenters. The highest BCUT2D eigenvalue weighted by atomic mass is 16.5. The van der Waals surface area contributed by atoms with Gasteiger partial charge in [-0.15, -0.1) is 6.42 Å². The summed E-state index contributed by atoms with van der Waals surface area (Å²) in [5.74, 6) is 1.71. The molecule has 0 saturated carbocycles. The van der Waals surface area contributed by atoms with E-state index in [0.29, 0.717) is 22.7 Å². The van der Waals surface area contributed by atoms with Crippen molar-refractivity contribution in [2.45, 2.75) is 6.92 Å². The van der Waals surface area contributed by atoms with Crippen LogP contribution in [0.25, 0.3) is 6.08 Å². The number of ether oxygens (including phenoxy) is 2. The molecule has 1 heterocycles.